The molecule has 4 nitrogen and oxygen atoms in total. The predicted molar refractivity (Wildman–Crippen MR) is 63.5 cm³/mol. The zero-order valence-electron chi connectivity index (χ0n) is 8.92. The van der Waals surface area contributed by atoms with Crippen molar-refractivity contribution in [2.24, 2.45) is 0 Å². The molecular weight excluding hydrogens is 242 g/mol. The van der Waals surface area contributed by atoms with Crippen LogP contribution in [0.4, 0.5) is 0 Å². The quantitative estimate of drug-likeness (QED) is 0.756. The summed E-state index contributed by atoms with van der Waals surface area (Å²) in [5, 5.41) is 13.3. The second kappa shape index (κ2) is 3.67. The van der Waals surface area contributed by atoms with E-state index in [9.17, 15) is 9.90 Å². The number of aryl methyl sites for hydroxylation is 1. The molecule has 2 heterocycles. The second-order valence-electron chi connectivity index (χ2n) is 4.04. The Morgan fingerprint density at radius 2 is 2.24 bits per heavy atom. The lowest BCUT2D eigenvalue weighted by atomic mass is 10.1. The highest BCUT2D eigenvalue weighted by molar-refractivity contribution is 6.37. The summed E-state index contributed by atoms with van der Waals surface area (Å²) < 4.78 is 5.51. The number of halogens is 1. The first-order valence-electron chi connectivity index (χ1n) is 5.39. The molecule has 0 atom stereocenters. The van der Waals surface area contributed by atoms with Crippen molar-refractivity contribution >= 4 is 28.5 Å². The number of benzene rings is 1. The first kappa shape index (κ1) is 10.5. The maximum absolute atomic E-state index is 11.8. The van der Waals surface area contributed by atoms with Crippen LogP contribution < -0.4 is 5.32 Å². The molecule has 0 unspecified atom stereocenters. The fraction of sp³-hybridized carbons (Fsp3) is 0.250. The number of rotatable bonds is 0. The summed E-state index contributed by atoms with van der Waals surface area (Å²) in [4.78, 5) is 11.8. The van der Waals surface area contributed by atoms with E-state index in [1.54, 1.807) is 6.07 Å². The highest BCUT2D eigenvalue weighted by Gasteiger charge is 2.24. The van der Waals surface area contributed by atoms with Crippen LogP contribution in [0.2, 0.25) is 5.02 Å². The third-order valence-corrected chi connectivity index (χ3v) is 3.35. The number of furan rings is 1. The Labute approximate surface area is 102 Å². The third-order valence-electron chi connectivity index (χ3n) is 2.97. The average Bonchev–Trinajstić information content (AvgIpc) is 2.60. The average molecular weight is 252 g/mol. The summed E-state index contributed by atoms with van der Waals surface area (Å²) in [7, 11) is 0. The zero-order valence-corrected chi connectivity index (χ0v) is 9.67. The van der Waals surface area contributed by atoms with Crippen LogP contribution in [0.25, 0.3) is 11.0 Å². The molecule has 1 aromatic heterocycles. The number of phenolic OH excluding ortho intramolecular Hbond substituents is 1. The van der Waals surface area contributed by atoms with Crippen molar-refractivity contribution in [1.82, 2.24) is 5.32 Å². The maximum atomic E-state index is 11.8. The molecular formula is C12H10ClNO3. The van der Waals surface area contributed by atoms with Gasteiger partial charge in [-0.25, -0.2) is 0 Å². The third kappa shape index (κ3) is 1.48. The fourth-order valence-electron chi connectivity index (χ4n) is 2.17. The SMILES string of the molecule is O=C1NCCCc2c1oc1ccc(O)c(Cl)c21. The van der Waals surface area contributed by atoms with Gasteiger partial charge >= 0.3 is 0 Å². The largest absolute Gasteiger partial charge is 0.506 e. The Kier molecular flexibility index (Phi) is 2.26. The van der Waals surface area contributed by atoms with Crippen molar-refractivity contribution < 1.29 is 14.3 Å². The van der Waals surface area contributed by atoms with Crippen LogP contribution in [-0.2, 0) is 6.42 Å². The van der Waals surface area contributed by atoms with Crippen LogP contribution in [0.15, 0.2) is 16.5 Å². The van der Waals surface area contributed by atoms with Gasteiger partial charge in [-0.1, -0.05) is 11.6 Å². The van der Waals surface area contributed by atoms with Gasteiger partial charge in [-0.15, -0.1) is 0 Å². The van der Waals surface area contributed by atoms with Gasteiger partial charge in [-0.05, 0) is 25.0 Å². The van der Waals surface area contributed by atoms with Gasteiger partial charge in [0, 0.05) is 17.5 Å². The second-order valence-corrected chi connectivity index (χ2v) is 4.42. The van der Waals surface area contributed by atoms with Crippen molar-refractivity contribution in [3.05, 3.63) is 28.5 Å². The van der Waals surface area contributed by atoms with Crippen LogP contribution in [-0.4, -0.2) is 17.6 Å². The van der Waals surface area contributed by atoms with E-state index in [-0.39, 0.29) is 16.7 Å². The number of hydrogen-bond donors (Lipinski definition) is 2. The van der Waals surface area contributed by atoms with Gasteiger partial charge < -0.3 is 14.8 Å². The van der Waals surface area contributed by atoms with E-state index in [0.29, 0.717) is 29.7 Å². The molecule has 1 aliphatic rings. The molecule has 88 valence electrons. The van der Waals surface area contributed by atoms with E-state index in [4.69, 9.17) is 16.0 Å². The first-order chi connectivity index (χ1) is 8.18. The molecule has 0 radical (unpaired) electrons. The first-order valence-corrected chi connectivity index (χ1v) is 5.77. The lowest BCUT2D eigenvalue weighted by Crippen LogP contribution is -2.22. The molecule has 5 heteroatoms. The van der Waals surface area contributed by atoms with E-state index < -0.39 is 0 Å². The van der Waals surface area contributed by atoms with Gasteiger partial charge in [-0.2, -0.15) is 0 Å². The van der Waals surface area contributed by atoms with Crippen LogP contribution in [0.3, 0.4) is 0 Å². The minimum atomic E-state index is -0.218. The number of hydrogen-bond acceptors (Lipinski definition) is 3. The van der Waals surface area contributed by atoms with Gasteiger partial charge in [0.05, 0.1) is 5.02 Å². The molecule has 0 spiro atoms. The molecule has 2 aromatic rings. The number of aromatic hydroxyl groups is 1. The number of carbonyl (C=O) groups excluding carboxylic acids is 1. The van der Waals surface area contributed by atoms with E-state index >= 15 is 0 Å². The summed E-state index contributed by atoms with van der Waals surface area (Å²) in [5.41, 5.74) is 1.32. The Bertz CT molecular complexity index is 618. The summed E-state index contributed by atoms with van der Waals surface area (Å²) in [5.74, 6) is 0.0988. The van der Waals surface area contributed by atoms with Gasteiger partial charge in [0.15, 0.2) is 5.76 Å². The molecule has 0 saturated heterocycles. The van der Waals surface area contributed by atoms with Crippen molar-refractivity contribution in [3.63, 3.8) is 0 Å². The Balaban J connectivity index is 2.36. The van der Waals surface area contributed by atoms with Crippen LogP contribution in [0, 0.1) is 0 Å². The van der Waals surface area contributed by atoms with Crippen LogP contribution in [0.5, 0.6) is 5.75 Å². The van der Waals surface area contributed by atoms with Crippen molar-refractivity contribution in [1.29, 1.82) is 0 Å². The zero-order chi connectivity index (χ0) is 12.0. The van der Waals surface area contributed by atoms with E-state index in [1.165, 1.54) is 6.07 Å². The number of amides is 1. The molecule has 0 fully saturated rings. The summed E-state index contributed by atoms with van der Waals surface area (Å²) >= 11 is 6.06. The Hall–Kier alpha value is -1.68. The van der Waals surface area contributed by atoms with E-state index in [2.05, 4.69) is 5.32 Å². The molecule has 2 N–H and O–H groups in total. The fourth-order valence-corrected chi connectivity index (χ4v) is 2.44. The van der Waals surface area contributed by atoms with Crippen LogP contribution >= 0.6 is 11.6 Å². The topological polar surface area (TPSA) is 62.5 Å². The van der Waals surface area contributed by atoms with Gasteiger partial charge in [0.25, 0.3) is 5.91 Å². The van der Waals surface area contributed by atoms with Crippen molar-refractivity contribution in [3.8, 4) is 5.75 Å². The molecule has 0 bridgehead atoms. The number of nitrogens with one attached hydrogen (secondary N) is 1. The Morgan fingerprint density at radius 1 is 1.41 bits per heavy atom. The Morgan fingerprint density at radius 3 is 3.06 bits per heavy atom. The number of phenols is 1. The molecule has 3 rings (SSSR count). The summed E-state index contributed by atoms with van der Waals surface area (Å²) in [6.45, 7) is 0.626. The van der Waals surface area contributed by atoms with Crippen molar-refractivity contribution in [2.45, 2.75) is 12.8 Å². The normalized spacial score (nSPS) is 15.5. The number of carbonyl (C=O) groups is 1. The highest BCUT2D eigenvalue weighted by Crippen LogP contribution is 2.38. The van der Waals surface area contributed by atoms with Crippen molar-refractivity contribution in [2.75, 3.05) is 6.54 Å². The highest BCUT2D eigenvalue weighted by atomic mass is 35.5. The number of fused-ring (bicyclic) bond motifs is 3. The molecule has 1 amide bonds. The smallest absolute Gasteiger partial charge is 0.287 e. The monoisotopic (exact) mass is 251 g/mol. The minimum absolute atomic E-state index is 0.00687. The molecule has 0 saturated carbocycles. The molecule has 1 aliphatic heterocycles. The standard InChI is InChI=1S/C12H10ClNO3/c13-10-7(15)3-4-8-9(10)6-2-1-5-14-12(16)11(6)17-8/h3-4,15H,1-2,5H2,(H,14,16). The summed E-state index contributed by atoms with van der Waals surface area (Å²) in [6.07, 6.45) is 1.55. The lowest BCUT2D eigenvalue weighted by Gasteiger charge is -1.99. The van der Waals surface area contributed by atoms with Crippen LogP contribution in [0.1, 0.15) is 22.5 Å². The molecule has 0 aliphatic carbocycles. The molecule has 17 heavy (non-hydrogen) atoms. The predicted octanol–water partition coefficient (Wildman–Crippen LogP) is 2.47. The van der Waals surface area contributed by atoms with E-state index in [1.807, 2.05) is 0 Å². The van der Waals surface area contributed by atoms with Gasteiger partial charge in [0.2, 0.25) is 0 Å². The summed E-state index contributed by atoms with van der Waals surface area (Å²) in [6, 6.07) is 3.09. The minimum Gasteiger partial charge on any atom is -0.506 e. The van der Waals surface area contributed by atoms with Gasteiger partial charge in [-0.3, -0.25) is 4.79 Å². The lowest BCUT2D eigenvalue weighted by molar-refractivity contribution is 0.0931. The van der Waals surface area contributed by atoms with E-state index in [0.717, 1.165) is 12.0 Å². The molecule has 1 aromatic carbocycles. The maximum Gasteiger partial charge on any atom is 0.287 e. The van der Waals surface area contributed by atoms with Gasteiger partial charge in [0.1, 0.15) is 11.3 Å².